The molecule has 1 aromatic rings. The summed E-state index contributed by atoms with van der Waals surface area (Å²) in [5.41, 5.74) is 0.799. The van der Waals surface area contributed by atoms with E-state index in [1.807, 2.05) is 30.3 Å². The van der Waals surface area contributed by atoms with Crippen LogP contribution in [-0.2, 0) is 14.8 Å². The van der Waals surface area contributed by atoms with Gasteiger partial charge in [0.05, 0.1) is 5.25 Å². The van der Waals surface area contributed by atoms with Crippen molar-refractivity contribution in [2.24, 2.45) is 0 Å². The third-order valence-electron chi connectivity index (χ3n) is 3.12. The molecular formula is C13H17NO4S. The summed E-state index contributed by atoms with van der Waals surface area (Å²) in [6, 6.07) is 8.61. The Labute approximate surface area is 112 Å². The number of sulfonamides is 1. The molecule has 0 heterocycles. The molecule has 0 spiro atoms. The number of carboxylic acids is 1. The third-order valence-corrected chi connectivity index (χ3v) is 5.08. The molecule has 1 atom stereocenters. The Morgan fingerprint density at radius 2 is 1.95 bits per heavy atom. The van der Waals surface area contributed by atoms with Gasteiger partial charge in [-0.3, -0.25) is 4.79 Å². The van der Waals surface area contributed by atoms with Crippen LogP contribution in [0.1, 0.15) is 37.3 Å². The van der Waals surface area contributed by atoms with Gasteiger partial charge >= 0.3 is 5.97 Å². The Kier molecular flexibility index (Phi) is 4.21. The lowest BCUT2D eigenvalue weighted by molar-refractivity contribution is -0.137. The van der Waals surface area contributed by atoms with E-state index in [1.165, 1.54) is 0 Å². The zero-order chi connectivity index (χ0) is 13.9. The molecule has 0 amide bonds. The van der Waals surface area contributed by atoms with Crippen molar-refractivity contribution in [1.29, 1.82) is 0 Å². The summed E-state index contributed by atoms with van der Waals surface area (Å²) in [6.45, 7) is 0. The second kappa shape index (κ2) is 5.71. The molecule has 104 valence electrons. The number of carboxylic acid groups (broad SMARTS) is 1. The van der Waals surface area contributed by atoms with E-state index in [0.29, 0.717) is 12.8 Å². The van der Waals surface area contributed by atoms with Crippen LogP contribution >= 0.6 is 0 Å². The maximum absolute atomic E-state index is 12.0. The minimum Gasteiger partial charge on any atom is -0.481 e. The summed E-state index contributed by atoms with van der Waals surface area (Å²) >= 11 is 0. The van der Waals surface area contributed by atoms with Crippen molar-refractivity contribution in [3.63, 3.8) is 0 Å². The third kappa shape index (κ3) is 4.04. The van der Waals surface area contributed by atoms with Gasteiger partial charge in [-0.25, -0.2) is 13.1 Å². The maximum Gasteiger partial charge on any atom is 0.303 e. The number of rotatable bonds is 7. The van der Waals surface area contributed by atoms with Gasteiger partial charge in [0.1, 0.15) is 0 Å². The number of hydrogen-bond donors (Lipinski definition) is 2. The molecule has 1 aliphatic carbocycles. The van der Waals surface area contributed by atoms with Gasteiger partial charge in [-0.15, -0.1) is 0 Å². The van der Waals surface area contributed by atoms with Crippen molar-refractivity contribution in [3.8, 4) is 0 Å². The molecular weight excluding hydrogens is 266 g/mol. The van der Waals surface area contributed by atoms with Crippen LogP contribution in [0.3, 0.4) is 0 Å². The molecule has 5 nitrogen and oxygen atoms in total. The molecule has 1 aromatic carbocycles. The van der Waals surface area contributed by atoms with Crippen LogP contribution in [0.15, 0.2) is 30.3 Å². The molecule has 0 bridgehead atoms. The largest absolute Gasteiger partial charge is 0.481 e. The Hall–Kier alpha value is -1.40. The highest BCUT2D eigenvalue weighted by Gasteiger charge is 2.37. The van der Waals surface area contributed by atoms with Gasteiger partial charge in [-0.2, -0.15) is 0 Å². The highest BCUT2D eigenvalue weighted by molar-refractivity contribution is 7.90. The molecule has 0 aliphatic heterocycles. The van der Waals surface area contributed by atoms with Crippen molar-refractivity contribution in [2.75, 3.05) is 0 Å². The fraction of sp³-hybridized carbons (Fsp3) is 0.462. The second-order valence-corrected chi connectivity index (χ2v) is 6.75. The highest BCUT2D eigenvalue weighted by atomic mass is 32.2. The van der Waals surface area contributed by atoms with E-state index in [2.05, 4.69) is 4.72 Å². The summed E-state index contributed by atoms with van der Waals surface area (Å²) in [7, 11) is -3.33. The molecule has 19 heavy (non-hydrogen) atoms. The Bertz CT molecular complexity index is 537. The lowest BCUT2D eigenvalue weighted by Crippen LogP contribution is -2.31. The van der Waals surface area contributed by atoms with E-state index in [0.717, 1.165) is 5.56 Å². The van der Waals surface area contributed by atoms with Crippen LogP contribution in [-0.4, -0.2) is 24.7 Å². The molecule has 1 unspecified atom stereocenters. The predicted octanol–water partition coefficient (Wildman–Crippen LogP) is 1.67. The topological polar surface area (TPSA) is 83.5 Å². The molecule has 0 aromatic heterocycles. The lowest BCUT2D eigenvalue weighted by atomic mass is 10.0. The fourth-order valence-electron chi connectivity index (χ4n) is 1.92. The van der Waals surface area contributed by atoms with Gasteiger partial charge < -0.3 is 5.11 Å². The minimum absolute atomic E-state index is 0.0628. The smallest absolute Gasteiger partial charge is 0.303 e. The minimum atomic E-state index is -3.33. The highest BCUT2D eigenvalue weighted by Crippen LogP contribution is 2.30. The number of nitrogens with one attached hydrogen (secondary N) is 1. The van der Waals surface area contributed by atoms with Gasteiger partial charge in [0.25, 0.3) is 0 Å². The van der Waals surface area contributed by atoms with Crippen molar-refractivity contribution in [2.45, 2.75) is 37.0 Å². The van der Waals surface area contributed by atoms with E-state index in [1.54, 1.807) is 0 Å². The molecule has 2 N–H and O–H groups in total. The first-order valence-corrected chi connectivity index (χ1v) is 7.81. The number of benzene rings is 1. The van der Waals surface area contributed by atoms with Crippen molar-refractivity contribution in [1.82, 2.24) is 4.72 Å². The van der Waals surface area contributed by atoms with Crippen LogP contribution < -0.4 is 4.72 Å². The van der Waals surface area contributed by atoms with Gasteiger partial charge in [0.2, 0.25) is 10.0 Å². The first-order valence-electron chi connectivity index (χ1n) is 6.27. The average molecular weight is 283 g/mol. The molecule has 0 radical (unpaired) electrons. The zero-order valence-corrected chi connectivity index (χ0v) is 11.3. The van der Waals surface area contributed by atoms with Gasteiger partial charge in [0.15, 0.2) is 0 Å². The summed E-state index contributed by atoms with van der Waals surface area (Å²) in [5.74, 6) is -0.924. The van der Waals surface area contributed by atoms with Gasteiger partial charge in [-0.05, 0) is 24.8 Å². The zero-order valence-electron chi connectivity index (χ0n) is 10.5. The van der Waals surface area contributed by atoms with Gasteiger partial charge in [0, 0.05) is 12.5 Å². The fourth-order valence-corrected chi connectivity index (χ4v) is 3.52. The molecule has 1 aliphatic rings. The van der Waals surface area contributed by atoms with Crippen molar-refractivity contribution >= 4 is 16.0 Å². The predicted molar refractivity (Wildman–Crippen MR) is 71.1 cm³/mol. The number of carbonyl (C=O) groups is 1. The van der Waals surface area contributed by atoms with Gasteiger partial charge in [-0.1, -0.05) is 30.3 Å². The average Bonchev–Trinajstić information content (AvgIpc) is 3.20. The van der Waals surface area contributed by atoms with E-state index in [-0.39, 0.29) is 18.1 Å². The standard InChI is InChI=1S/C13H17NO4S/c15-13(16)9-8-12(10-4-2-1-3-5-10)14-19(17,18)11-6-7-11/h1-5,11-12,14H,6-9H2,(H,15,16). The van der Waals surface area contributed by atoms with Crippen LogP contribution in [0.4, 0.5) is 0 Å². The molecule has 1 saturated carbocycles. The normalized spacial score (nSPS) is 17.1. The molecule has 1 fully saturated rings. The van der Waals surface area contributed by atoms with E-state index < -0.39 is 22.0 Å². The summed E-state index contributed by atoms with van der Waals surface area (Å²) in [6.07, 6.45) is 1.57. The monoisotopic (exact) mass is 283 g/mol. The maximum atomic E-state index is 12.0. The molecule has 2 rings (SSSR count). The van der Waals surface area contributed by atoms with Crippen LogP contribution in [0, 0.1) is 0 Å². The Morgan fingerprint density at radius 3 is 2.47 bits per heavy atom. The van der Waals surface area contributed by atoms with Crippen LogP contribution in [0.2, 0.25) is 0 Å². The molecule has 0 saturated heterocycles. The van der Waals surface area contributed by atoms with E-state index in [9.17, 15) is 13.2 Å². The first kappa shape index (κ1) is 14.0. The van der Waals surface area contributed by atoms with E-state index in [4.69, 9.17) is 5.11 Å². The van der Waals surface area contributed by atoms with Crippen molar-refractivity contribution < 1.29 is 18.3 Å². The Morgan fingerprint density at radius 1 is 1.32 bits per heavy atom. The summed E-state index contributed by atoms with van der Waals surface area (Å²) in [5, 5.41) is 8.45. The summed E-state index contributed by atoms with van der Waals surface area (Å²) < 4.78 is 26.6. The summed E-state index contributed by atoms with van der Waals surface area (Å²) in [4.78, 5) is 10.7. The second-order valence-electron chi connectivity index (χ2n) is 4.76. The Balaban J connectivity index is 2.12. The number of aliphatic carboxylic acids is 1. The number of hydrogen-bond acceptors (Lipinski definition) is 3. The van der Waals surface area contributed by atoms with Crippen LogP contribution in [0.5, 0.6) is 0 Å². The van der Waals surface area contributed by atoms with E-state index >= 15 is 0 Å². The quantitative estimate of drug-likeness (QED) is 0.797. The first-order chi connectivity index (χ1) is 8.99. The SMILES string of the molecule is O=C(O)CCC(NS(=O)(=O)C1CC1)c1ccccc1. The molecule has 6 heteroatoms. The van der Waals surface area contributed by atoms with Crippen LogP contribution in [0.25, 0.3) is 0 Å². The van der Waals surface area contributed by atoms with Crippen molar-refractivity contribution in [3.05, 3.63) is 35.9 Å². The lowest BCUT2D eigenvalue weighted by Gasteiger charge is -2.18.